The van der Waals surface area contributed by atoms with Crippen LogP contribution >= 0.6 is 0 Å². The van der Waals surface area contributed by atoms with Gasteiger partial charge in [0.15, 0.2) is 5.82 Å². The van der Waals surface area contributed by atoms with E-state index in [2.05, 4.69) is 39.5 Å². The summed E-state index contributed by atoms with van der Waals surface area (Å²) >= 11 is 0. The average Bonchev–Trinajstić information content (AvgIpc) is 2.98. The second-order valence-corrected chi connectivity index (χ2v) is 5.77. The second-order valence-electron chi connectivity index (χ2n) is 5.77. The Morgan fingerprint density at radius 2 is 2.05 bits per heavy atom. The SMILES string of the molecule is CC(CNc1nncc2ccccc12)CN1CCCC1. The molecule has 1 aromatic carbocycles. The van der Waals surface area contributed by atoms with Gasteiger partial charge in [0.2, 0.25) is 0 Å². The molecule has 1 N–H and O–H groups in total. The van der Waals surface area contributed by atoms with E-state index >= 15 is 0 Å². The molecule has 1 aliphatic rings. The van der Waals surface area contributed by atoms with E-state index in [9.17, 15) is 0 Å². The van der Waals surface area contributed by atoms with E-state index in [-0.39, 0.29) is 0 Å². The number of fused-ring (bicyclic) bond motifs is 1. The minimum Gasteiger partial charge on any atom is -0.368 e. The molecule has 2 aromatic rings. The van der Waals surface area contributed by atoms with Crippen molar-refractivity contribution in [2.24, 2.45) is 5.92 Å². The molecule has 4 nitrogen and oxygen atoms in total. The van der Waals surface area contributed by atoms with Crippen molar-refractivity contribution in [2.75, 3.05) is 31.5 Å². The highest BCUT2D eigenvalue weighted by molar-refractivity contribution is 5.90. The molecule has 1 aromatic heterocycles. The molecule has 0 aliphatic carbocycles. The van der Waals surface area contributed by atoms with Gasteiger partial charge in [0.05, 0.1) is 6.20 Å². The maximum Gasteiger partial charge on any atom is 0.156 e. The lowest BCUT2D eigenvalue weighted by Crippen LogP contribution is -2.29. The predicted octanol–water partition coefficient (Wildman–Crippen LogP) is 2.77. The van der Waals surface area contributed by atoms with E-state index in [0.29, 0.717) is 5.92 Å². The normalized spacial score (nSPS) is 17.4. The minimum absolute atomic E-state index is 0.619. The zero-order valence-corrected chi connectivity index (χ0v) is 12.0. The molecule has 4 heteroatoms. The molecule has 1 atom stereocenters. The maximum absolute atomic E-state index is 4.24. The van der Waals surface area contributed by atoms with E-state index in [1.165, 1.54) is 32.5 Å². The van der Waals surface area contributed by atoms with Crippen molar-refractivity contribution in [3.05, 3.63) is 30.5 Å². The molecule has 3 rings (SSSR count). The fourth-order valence-corrected chi connectivity index (χ4v) is 2.90. The van der Waals surface area contributed by atoms with Gasteiger partial charge in [-0.15, -0.1) is 5.10 Å². The molecule has 0 radical (unpaired) electrons. The van der Waals surface area contributed by atoms with Gasteiger partial charge in [0.1, 0.15) is 0 Å². The van der Waals surface area contributed by atoms with Crippen molar-refractivity contribution in [3.8, 4) is 0 Å². The Balaban J connectivity index is 1.61. The highest BCUT2D eigenvalue weighted by Crippen LogP contribution is 2.19. The number of aromatic nitrogens is 2. The fourth-order valence-electron chi connectivity index (χ4n) is 2.90. The molecule has 2 heterocycles. The Morgan fingerprint density at radius 1 is 1.25 bits per heavy atom. The van der Waals surface area contributed by atoms with Gasteiger partial charge in [-0.25, -0.2) is 0 Å². The average molecular weight is 270 g/mol. The summed E-state index contributed by atoms with van der Waals surface area (Å²) in [6.07, 6.45) is 4.53. The van der Waals surface area contributed by atoms with Gasteiger partial charge >= 0.3 is 0 Å². The first-order valence-electron chi connectivity index (χ1n) is 7.49. The van der Waals surface area contributed by atoms with Crippen LogP contribution in [0.5, 0.6) is 0 Å². The van der Waals surface area contributed by atoms with Crippen LogP contribution < -0.4 is 5.32 Å². The number of benzene rings is 1. The number of likely N-dealkylation sites (tertiary alicyclic amines) is 1. The van der Waals surface area contributed by atoms with E-state index in [4.69, 9.17) is 0 Å². The van der Waals surface area contributed by atoms with Gasteiger partial charge in [-0.3, -0.25) is 0 Å². The predicted molar refractivity (Wildman–Crippen MR) is 82.9 cm³/mol. The minimum atomic E-state index is 0.619. The van der Waals surface area contributed by atoms with Gasteiger partial charge < -0.3 is 10.2 Å². The van der Waals surface area contributed by atoms with Gasteiger partial charge in [-0.1, -0.05) is 31.2 Å². The van der Waals surface area contributed by atoms with Gasteiger partial charge in [0, 0.05) is 23.9 Å². The van der Waals surface area contributed by atoms with Crippen LogP contribution in [-0.4, -0.2) is 41.3 Å². The molecule has 1 unspecified atom stereocenters. The third kappa shape index (κ3) is 3.07. The first-order valence-corrected chi connectivity index (χ1v) is 7.49. The molecule has 20 heavy (non-hydrogen) atoms. The summed E-state index contributed by atoms with van der Waals surface area (Å²) in [5, 5.41) is 14.1. The molecule has 1 fully saturated rings. The Hall–Kier alpha value is -1.68. The van der Waals surface area contributed by atoms with Crippen molar-refractivity contribution in [1.29, 1.82) is 0 Å². The Kier molecular flexibility index (Phi) is 4.11. The van der Waals surface area contributed by atoms with Crippen LogP contribution in [0.2, 0.25) is 0 Å². The summed E-state index contributed by atoms with van der Waals surface area (Å²) in [7, 11) is 0. The van der Waals surface area contributed by atoms with Crippen molar-refractivity contribution in [2.45, 2.75) is 19.8 Å². The summed E-state index contributed by atoms with van der Waals surface area (Å²) in [6.45, 7) is 6.94. The molecular weight excluding hydrogens is 248 g/mol. The topological polar surface area (TPSA) is 41.1 Å². The highest BCUT2D eigenvalue weighted by Gasteiger charge is 2.14. The molecule has 0 saturated carbocycles. The summed E-state index contributed by atoms with van der Waals surface area (Å²) in [5.41, 5.74) is 0. The number of hydrogen-bond acceptors (Lipinski definition) is 4. The monoisotopic (exact) mass is 270 g/mol. The lowest BCUT2D eigenvalue weighted by atomic mass is 10.1. The van der Waals surface area contributed by atoms with Crippen LogP contribution in [0, 0.1) is 5.92 Å². The number of rotatable bonds is 5. The summed E-state index contributed by atoms with van der Waals surface area (Å²) in [5.74, 6) is 1.52. The number of nitrogens with zero attached hydrogens (tertiary/aromatic N) is 3. The van der Waals surface area contributed by atoms with Crippen LogP contribution in [0.3, 0.4) is 0 Å². The molecule has 106 valence electrons. The van der Waals surface area contributed by atoms with Crippen LogP contribution in [-0.2, 0) is 0 Å². The molecule has 1 aliphatic heterocycles. The van der Waals surface area contributed by atoms with Crippen LogP contribution in [0.25, 0.3) is 10.8 Å². The van der Waals surface area contributed by atoms with E-state index in [1.54, 1.807) is 0 Å². The molecular formula is C16H22N4. The van der Waals surface area contributed by atoms with E-state index in [0.717, 1.165) is 23.1 Å². The summed E-state index contributed by atoms with van der Waals surface area (Å²) in [6, 6.07) is 8.24. The summed E-state index contributed by atoms with van der Waals surface area (Å²) in [4.78, 5) is 2.56. The molecule has 0 bridgehead atoms. The van der Waals surface area contributed by atoms with E-state index < -0.39 is 0 Å². The third-order valence-corrected chi connectivity index (χ3v) is 3.96. The standard InChI is InChI=1S/C16H22N4/c1-13(12-20-8-4-5-9-20)10-17-16-15-7-3-2-6-14(15)11-18-19-16/h2-3,6-7,11,13H,4-5,8-10,12H2,1H3,(H,17,19). The van der Waals surface area contributed by atoms with Crippen molar-refractivity contribution >= 4 is 16.6 Å². The van der Waals surface area contributed by atoms with Crippen LogP contribution in [0.1, 0.15) is 19.8 Å². The van der Waals surface area contributed by atoms with E-state index in [1.807, 2.05) is 18.3 Å². The number of anilines is 1. The van der Waals surface area contributed by atoms with Crippen LogP contribution in [0.15, 0.2) is 30.5 Å². The Morgan fingerprint density at radius 3 is 2.90 bits per heavy atom. The van der Waals surface area contributed by atoms with Gasteiger partial charge in [0.25, 0.3) is 0 Å². The van der Waals surface area contributed by atoms with Gasteiger partial charge in [-0.05, 0) is 31.8 Å². The zero-order valence-electron chi connectivity index (χ0n) is 12.0. The Labute approximate surface area is 120 Å². The molecule has 1 saturated heterocycles. The summed E-state index contributed by atoms with van der Waals surface area (Å²) < 4.78 is 0. The lowest BCUT2D eigenvalue weighted by molar-refractivity contribution is 0.294. The fraction of sp³-hybridized carbons (Fsp3) is 0.500. The Bertz CT molecular complexity index is 558. The smallest absolute Gasteiger partial charge is 0.156 e. The second kappa shape index (κ2) is 6.18. The van der Waals surface area contributed by atoms with Crippen molar-refractivity contribution in [3.63, 3.8) is 0 Å². The molecule has 0 spiro atoms. The zero-order chi connectivity index (χ0) is 13.8. The molecule has 0 amide bonds. The van der Waals surface area contributed by atoms with Gasteiger partial charge in [-0.2, -0.15) is 5.10 Å². The lowest BCUT2D eigenvalue weighted by Gasteiger charge is -2.20. The first kappa shape index (κ1) is 13.3. The largest absolute Gasteiger partial charge is 0.368 e. The van der Waals surface area contributed by atoms with Crippen molar-refractivity contribution < 1.29 is 0 Å². The quantitative estimate of drug-likeness (QED) is 0.907. The highest BCUT2D eigenvalue weighted by atomic mass is 15.2. The first-order chi connectivity index (χ1) is 9.83. The van der Waals surface area contributed by atoms with Crippen LogP contribution in [0.4, 0.5) is 5.82 Å². The maximum atomic E-state index is 4.24. The third-order valence-electron chi connectivity index (χ3n) is 3.96. The number of hydrogen-bond donors (Lipinski definition) is 1. The van der Waals surface area contributed by atoms with Crippen molar-refractivity contribution in [1.82, 2.24) is 15.1 Å². The number of nitrogens with one attached hydrogen (secondary N) is 1.